The molecule has 0 aromatic rings. The van der Waals surface area contributed by atoms with Gasteiger partial charge >= 0.3 is 0 Å². The van der Waals surface area contributed by atoms with Crippen LogP contribution < -0.4 is 11.3 Å². The van der Waals surface area contributed by atoms with Gasteiger partial charge in [-0.3, -0.25) is 24.7 Å². The Balaban J connectivity index is 2.38. The molecule has 6 heteroatoms. The van der Waals surface area contributed by atoms with Crippen LogP contribution in [0.15, 0.2) is 0 Å². The van der Waals surface area contributed by atoms with Gasteiger partial charge < -0.3 is 0 Å². The number of nitrogens with zero attached hydrogens (tertiary/aromatic N) is 1. The number of nitrogens with two attached hydrogens (primary N) is 1. The van der Waals surface area contributed by atoms with Crippen molar-refractivity contribution in [2.45, 2.75) is 32.6 Å². The molecular formula is C10H17N3O3. The number of hydrogen-bond acceptors (Lipinski definition) is 4. The zero-order valence-corrected chi connectivity index (χ0v) is 9.36. The molecule has 0 saturated carbocycles. The summed E-state index contributed by atoms with van der Waals surface area (Å²) >= 11 is 0. The number of amides is 3. The van der Waals surface area contributed by atoms with Crippen molar-refractivity contribution in [2.75, 3.05) is 6.54 Å². The van der Waals surface area contributed by atoms with Gasteiger partial charge in [0, 0.05) is 25.8 Å². The SMILES string of the molecule is CC1CC(=O)N(CCCC(=O)NN)C(=O)C1. The van der Waals surface area contributed by atoms with Gasteiger partial charge in [0.2, 0.25) is 17.7 Å². The number of carbonyl (C=O) groups excluding carboxylic acids is 3. The van der Waals surface area contributed by atoms with Gasteiger partial charge in [-0.2, -0.15) is 0 Å². The average molecular weight is 227 g/mol. The van der Waals surface area contributed by atoms with E-state index >= 15 is 0 Å². The molecule has 1 saturated heterocycles. The highest BCUT2D eigenvalue weighted by atomic mass is 16.2. The smallest absolute Gasteiger partial charge is 0.233 e. The van der Waals surface area contributed by atoms with E-state index in [2.05, 4.69) is 0 Å². The Morgan fingerprint density at radius 2 is 2.00 bits per heavy atom. The Kier molecular flexibility index (Phi) is 4.42. The number of hydrogen-bond donors (Lipinski definition) is 2. The van der Waals surface area contributed by atoms with Crippen molar-refractivity contribution >= 4 is 17.7 Å². The molecule has 1 aliphatic rings. The molecule has 1 aliphatic heterocycles. The second kappa shape index (κ2) is 5.60. The maximum absolute atomic E-state index is 11.5. The number of carbonyl (C=O) groups is 3. The molecule has 16 heavy (non-hydrogen) atoms. The van der Waals surface area contributed by atoms with Crippen LogP contribution in [0.2, 0.25) is 0 Å². The Morgan fingerprint density at radius 1 is 1.44 bits per heavy atom. The maximum atomic E-state index is 11.5. The highest BCUT2D eigenvalue weighted by Crippen LogP contribution is 2.18. The number of nitrogens with one attached hydrogen (secondary N) is 1. The lowest BCUT2D eigenvalue weighted by molar-refractivity contribution is -0.150. The summed E-state index contributed by atoms with van der Waals surface area (Å²) in [6.45, 7) is 2.19. The molecule has 0 unspecified atom stereocenters. The van der Waals surface area contributed by atoms with Gasteiger partial charge in [0.1, 0.15) is 0 Å². The van der Waals surface area contributed by atoms with Crippen LogP contribution >= 0.6 is 0 Å². The van der Waals surface area contributed by atoms with Crippen LogP contribution in [0.1, 0.15) is 32.6 Å². The molecule has 0 aliphatic carbocycles. The molecule has 1 heterocycles. The van der Waals surface area contributed by atoms with Crippen molar-refractivity contribution in [3.8, 4) is 0 Å². The largest absolute Gasteiger partial charge is 0.294 e. The van der Waals surface area contributed by atoms with Crippen molar-refractivity contribution in [1.29, 1.82) is 0 Å². The van der Waals surface area contributed by atoms with Gasteiger partial charge in [0.15, 0.2) is 0 Å². The molecule has 0 radical (unpaired) electrons. The van der Waals surface area contributed by atoms with Crippen molar-refractivity contribution in [3.63, 3.8) is 0 Å². The van der Waals surface area contributed by atoms with E-state index in [0.29, 0.717) is 25.8 Å². The molecule has 1 rings (SSSR count). The third kappa shape index (κ3) is 3.30. The fourth-order valence-corrected chi connectivity index (χ4v) is 1.75. The van der Waals surface area contributed by atoms with E-state index in [1.165, 1.54) is 4.90 Å². The van der Waals surface area contributed by atoms with E-state index < -0.39 is 0 Å². The third-order valence-corrected chi connectivity index (χ3v) is 2.59. The maximum Gasteiger partial charge on any atom is 0.233 e. The van der Waals surface area contributed by atoms with Crippen molar-refractivity contribution in [1.82, 2.24) is 10.3 Å². The predicted octanol–water partition coefficient (Wildman–Crippen LogP) is -0.458. The molecule has 0 aromatic carbocycles. The molecule has 0 bridgehead atoms. The summed E-state index contributed by atoms with van der Waals surface area (Å²) in [5.41, 5.74) is 2.00. The fraction of sp³-hybridized carbons (Fsp3) is 0.700. The first-order chi connectivity index (χ1) is 7.54. The zero-order chi connectivity index (χ0) is 12.1. The van der Waals surface area contributed by atoms with E-state index in [9.17, 15) is 14.4 Å². The highest BCUT2D eigenvalue weighted by Gasteiger charge is 2.29. The topological polar surface area (TPSA) is 92.5 Å². The molecule has 3 amide bonds. The molecule has 0 atom stereocenters. The normalized spacial score (nSPS) is 17.8. The molecule has 0 aromatic heterocycles. The molecule has 0 spiro atoms. The van der Waals surface area contributed by atoms with Crippen LogP contribution in [0, 0.1) is 5.92 Å². The van der Waals surface area contributed by atoms with E-state index in [0.717, 1.165) is 0 Å². The van der Waals surface area contributed by atoms with Gasteiger partial charge in [-0.1, -0.05) is 6.92 Å². The summed E-state index contributed by atoms with van der Waals surface area (Å²) in [7, 11) is 0. The summed E-state index contributed by atoms with van der Waals surface area (Å²) in [6, 6.07) is 0. The van der Waals surface area contributed by atoms with Gasteiger partial charge in [-0.25, -0.2) is 5.84 Å². The lowest BCUT2D eigenvalue weighted by atomic mass is 9.97. The first-order valence-corrected chi connectivity index (χ1v) is 5.37. The van der Waals surface area contributed by atoms with Crippen LogP contribution in [0.4, 0.5) is 0 Å². The minimum atomic E-state index is -0.287. The van der Waals surface area contributed by atoms with Gasteiger partial charge in [-0.05, 0) is 12.3 Å². The van der Waals surface area contributed by atoms with Gasteiger partial charge in [0.25, 0.3) is 0 Å². The lowest BCUT2D eigenvalue weighted by Crippen LogP contribution is -2.43. The zero-order valence-electron chi connectivity index (χ0n) is 9.36. The van der Waals surface area contributed by atoms with E-state index in [1.807, 2.05) is 12.3 Å². The molecule has 6 nitrogen and oxygen atoms in total. The Hall–Kier alpha value is -1.43. The van der Waals surface area contributed by atoms with E-state index in [-0.39, 0.29) is 30.1 Å². The number of likely N-dealkylation sites (tertiary alicyclic amines) is 1. The highest BCUT2D eigenvalue weighted by molar-refractivity contribution is 5.97. The number of piperidine rings is 1. The van der Waals surface area contributed by atoms with Crippen LogP contribution in [0.25, 0.3) is 0 Å². The second-order valence-electron chi connectivity index (χ2n) is 4.12. The summed E-state index contributed by atoms with van der Waals surface area (Å²) in [5, 5.41) is 0. The number of imide groups is 1. The summed E-state index contributed by atoms with van der Waals surface area (Å²) in [4.78, 5) is 35.2. The quantitative estimate of drug-likeness (QED) is 0.294. The predicted molar refractivity (Wildman–Crippen MR) is 56.7 cm³/mol. The van der Waals surface area contributed by atoms with Crippen molar-refractivity contribution in [3.05, 3.63) is 0 Å². The van der Waals surface area contributed by atoms with Crippen LogP contribution in [0.5, 0.6) is 0 Å². The minimum Gasteiger partial charge on any atom is -0.294 e. The van der Waals surface area contributed by atoms with Crippen LogP contribution in [-0.4, -0.2) is 29.2 Å². The first-order valence-electron chi connectivity index (χ1n) is 5.37. The van der Waals surface area contributed by atoms with E-state index in [1.54, 1.807) is 0 Å². The van der Waals surface area contributed by atoms with E-state index in [4.69, 9.17) is 5.84 Å². The van der Waals surface area contributed by atoms with Crippen LogP contribution in [0.3, 0.4) is 0 Å². The number of rotatable bonds is 4. The van der Waals surface area contributed by atoms with Crippen LogP contribution in [-0.2, 0) is 14.4 Å². The van der Waals surface area contributed by atoms with Gasteiger partial charge in [0.05, 0.1) is 0 Å². The second-order valence-corrected chi connectivity index (χ2v) is 4.12. The summed E-state index contributed by atoms with van der Waals surface area (Å²) < 4.78 is 0. The summed E-state index contributed by atoms with van der Waals surface area (Å²) in [5.74, 6) is 4.48. The van der Waals surface area contributed by atoms with Crippen molar-refractivity contribution < 1.29 is 14.4 Å². The Morgan fingerprint density at radius 3 is 2.50 bits per heavy atom. The molecule has 1 fully saturated rings. The van der Waals surface area contributed by atoms with Gasteiger partial charge in [-0.15, -0.1) is 0 Å². The Bertz CT molecular complexity index is 286. The fourth-order valence-electron chi connectivity index (χ4n) is 1.75. The Labute approximate surface area is 94.1 Å². The standard InChI is InChI=1S/C10H17N3O3/c1-7-5-9(15)13(10(16)6-7)4-2-3-8(14)12-11/h7H,2-6,11H2,1H3,(H,12,14). The number of hydrazine groups is 1. The van der Waals surface area contributed by atoms with Crippen molar-refractivity contribution in [2.24, 2.45) is 11.8 Å². The third-order valence-electron chi connectivity index (χ3n) is 2.59. The monoisotopic (exact) mass is 227 g/mol. The molecule has 90 valence electrons. The first kappa shape index (κ1) is 12.6. The lowest BCUT2D eigenvalue weighted by Gasteiger charge is -2.28. The molecule has 3 N–H and O–H groups in total. The molecular weight excluding hydrogens is 210 g/mol. The minimum absolute atomic E-state index is 0.128. The summed E-state index contributed by atoms with van der Waals surface area (Å²) in [6.07, 6.45) is 1.50. The average Bonchev–Trinajstić information content (AvgIpc) is 2.21.